The van der Waals surface area contributed by atoms with Gasteiger partial charge in [-0.05, 0) is 24.5 Å². The number of benzene rings is 1. The molecule has 1 atom stereocenters. The van der Waals surface area contributed by atoms with E-state index in [1.807, 2.05) is 0 Å². The summed E-state index contributed by atoms with van der Waals surface area (Å²) >= 11 is 3.21. The van der Waals surface area contributed by atoms with Crippen LogP contribution >= 0.6 is 15.9 Å². The van der Waals surface area contributed by atoms with Crippen LogP contribution in [0.3, 0.4) is 0 Å². The van der Waals surface area contributed by atoms with Crippen LogP contribution in [-0.4, -0.2) is 16.0 Å². The standard InChI is InChI=1S/C13H10BrF3N4/c1-7(13(15,16)17)21-12(18)11(19-2)10(20-21)8-3-5-9(14)6-4-8/h3-7H,18H2,1H3/i1D3. The molecule has 2 N–H and O–H groups in total. The second kappa shape index (κ2) is 5.41. The van der Waals surface area contributed by atoms with E-state index in [4.69, 9.17) is 16.4 Å². The van der Waals surface area contributed by atoms with Gasteiger partial charge in [0.1, 0.15) is 17.6 Å². The largest absolute Gasteiger partial charge is 0.410 e. The summed E-state index contributed by atoms with van der Waals surface area (Å²) in [5, 5.41) is 3.70. The molecule has 8 heteroatoms. The van der Waals surface area contributed by atoms with Crippen molar-refractivity contribution in [3.05, 3.63) is 40.2 Å². The van der Waals surface area contributed by atoms with Crippen LogP contribution in [0.4, 0.5) is 24.7 Å². The van der Waals surface area contributed by atoms with E-state index in [-0.39, 0.29) is 16.1 Å². The Morgan fingerprint density at radius 3 is 2.52 bits per heavy atom. The fraction of sp³-hybridized carbons (Fsp3) is 0.231. The number of nitrogens with two attached hydrogens (primary N) is 1. The van der Waals surface area contributed by atoms with Crippen LogP contribution in [0.5, 0.6) is 0 Å². The Kier molecular flexibility index (Phi) is 2.99. The molecule has 110 valence electrons. The maximum Gasteiger partial charge on any atom is 0.410 e. The van der Waals surface area contributed by atoms with Crippen molar-refractivity contribution in [2.75, 3.05) is 5.73 Å². The minimum atomic E-state index is -5.11. The van der Waals surface area contributed by atoms with E-state index in [1.54, 1.807) is 12.1 Å². The van der Waals surface area contributed by atoms with Crippen molar-refractivity contribution < 1.29 is 17.3 Å². The smallest absolute Gasteiger partial charge is 0.393 e. The second-order valence-electron chi connectivity index (χ2n) is 4.09. The third kappa shape index (κ3) is 2.88. The van der Waals surface area contributed by atoms with Crippen LogP contribution in [0, 0.1) is 6.57 Å². The first-order valence-corrected chi connectivity index (χ1v) is 6.34. The number of rotatable bonds is 2. The molecular formula is C13H10BrF3N4. The Morgan fingerprint density at radius 2 is 2.05 bits per heavy atom. The van der Waals surface area contributed by atoms with Crippen molar-refractivity contribution in [3.8, 4) is 11.3 Å². The maximum atomic E-state index is 13.2. The SMILES string of the molecule is [2H]C([2H])([2H])C(n1nc(-c2ccc(Br)cc2)c([N+]#[C-])c1N)C(F)(F)F. The summed E-state index contributed by atoms with van der Waals surface area (Å²) in [6.45, 7) is 3.72. The van der Waals surface area contributed by atoms with Gasteiger partial charge in [-0.25, -0.2) is 9.53 Å². The number of halogens is 4. The van der Waals surface area contributed by atoms with E-state index < -0.39 is 24.9 Å². The number of aromatic nitrogens is 2. The molecule has 1 heterocycles. The lowest BCUT2D eigenvalue weighted by molar-refractivity contribution is -0.164. The topological polar surface area (TPSA) is 48.2 Å². The van der Waals surface area contributed by atoms with Crippen LogP contribution in [0.1, 0.15) is 17.0 Å². The van der Waals surface area contributed by atoms with Gasteiger partial charge in [0.15, 0.2) is 0 Å². The Balaban J connectivity index is 2.69. The molecule has 0 spiro atoms. The molecule has 0 fully saturated rings. The fourth-order valence-electron chi connectivity index (χ4n) is 1.69. The molecule has 0 radical (unpaired) electrons. The van der Waals surface area contributed by atoms with Crippen molar-refractivity contribution in [2.24, 2.45) is 0 Å². The first-order chi connectivity index (χ1) is 11.0. The molecule has 21 heavy (non-hydrogen) atoms. The zero-order chi connectivity index (χ0) is 18.3. The molecule has 0 bridgehead atoms. The minimum Gasteiger partial charge on any atom is -0.393 e. The molecule has 0 aliphatic heterocycles. The monoisotopic (exact) mass is 361 g/mol. The predicted molar refractivity (Wildman–Crippen MR) is 76.8 cm³/mol. The number of hydrogen-bond donors (Lipinski definition) is 1. The van der Waals surface area contributed by atoms with Gasteiger partial charge in [0.2, 0.25) is 0 Å². The average molecular weight is 362 g/mol. The summed E-state index contributed by atoms with van der Waals surface area (Å²) < 4.78 is 62.0. The lowest BCUT2D eigenvalue weighted by atomic mass is 10.1. The number of nitrogen functional groups attached to an aromatic ring is 1. The highest BCUT2D eigenvalue weighted by atomic mass is 79.9. The molecule has 1 aromatic heterocycles. The van der Waals surface area contributed by atoms with Gasteiger partial charge in [0.05, 0.1) is 6.57 Å². The molecule has 0 saturated heterocycles. The number of hydrogen-bond acceptors (Lipinski definition) is 2. The summed E-state index contributed by atoms with van der Waals surface area (Å²) in [5.41, 5.74) is 5.53. The lowest BCUT2D eigenvalue weighted by Gasteiger charge is -2.17. The van der Waals surface area contributed by atoms with Crippen LogP contribution in [0.2, 0.25) is 0 Å². The predicted octanol–water partition coefficient (Wildman–Crippen LogP) is 4.57. The normalized spacial score (nSPS) is 15.7. The number of anilines is 1. The lowest BCUT2D eigenvalue weighted by Crippen LogP contribution is -2.25. The maximum absolute atomic E-state index is 13.2. The first kappa shape index (κ1) is 11.6. The van der Waals surface area contributed by atoms with Crippen LogP contribution in [0.15, 0.2) is 28.7 Å². The molecule has 0 aliphatic carbocycles. The number of nitrogens with zero attached hydrogens (tertiary/aromatic N) is 3. The van der Waals surface area contributed by atoms with E-state index in [1.165, 1.54) is 12.1 Å². The minimum absolute atomic E-state index is 0.103. The van der Waals surface area contributed by atoms with E-state index in [2.05, 4.69) is 25.9 Å². The van der Waals surface area contributed by atoms with Crippen LogP contribution in [0.25, 0.3) is 16.1 Å². The van der Waals surface area contributed by atoms with Gasteiger partial charge in [-0.1, -0.05) is 28.1 Å². The second-order valence-corrected chi connectivity index (χ2v) is 5.01. The Labute approximate surface area is 131 Å². The van der Waals surface area contributed by atoms with Gasteiger partial charge in [-0.15, -0.1) is 0 Å². The average Bonchev–Trinajstić information content (AvgIpc) is 2.73. The third-order valence-corrected chi connectivity index (χ3v) is 3.23. The molecule has 0 amide bonds. The van der Waals surface area contributed by atoms with Gasteiger partial charge < -0.3 is 5.73 Å². The van der Waals surface area contributed by atoms with Gasteiger partial charge in [0.25, 0.3) is 5.69 Å². The molecule has 4 nitrogen and oxygen atoms in total. The molecular weight excluding hydrogens is 349 g/mol. The molecule has 2 rings (SSSR count). The van der Waals surface area contributed by atoms with Crippen molar-refractivity contribution in [3.63, 3.8) is 0 Å². The van der Waals surface area contributed by atoms with Crippen molar-refractivity contribution in [2.45, 2.75) is 19.1 Å². The van der Waals surface area contributed by atoms with E-state index in [9.17, 15) is 13.2 Å². The van der Waals surface area contributed by atoms with Gasteiger partial charge in [-0.3, -0.25) is 0 Å². The summed E-state index contributed by atoms with van der Waals surface area (Å²) in [5.74, 6) is -0.638. The van der Waals surface area contributed by atoms with Crippen LogP contribution < -0.4 is 5.73 Å². The summed E-state index contributed by atoms with van der Waals surface area (Å²) in [6.07, 6.45) is -5.11. The Bertz CT molecular complexity index is 777. The zero-order valence-electron chi connectivity index (χ0n) is 13.3. The highest BCUT2D eigenvalue weighted by molar-refractivity contribution is 9.10. The summed E-state index contributed by atoms with van der Waals surface area (Å²) in [7, 11) is 0. The third-order valence-electron chi connectivity index (χ3n) is 2.71. The number of alkyl halides is 3. The fourth-order valence-corrected chi connectivity index (χ4v) is 1.95. The zero-order valence-corrected chi connectivity index (χ0v) is 11.9. The molecule has 0 saturated carbocycles. The highest BCUT2D eigenvalue weighted by Crippen LogP contribution is 2.40. The molecule has 0 aliphatic rings. The molecule has 1 unspecified atom stereocenters. The van der Waals surface area contributed by atoms with E-state index in [0.717, 1.165) is 4.47 Å². The summed E-state index contributed by atoms with van der Waals surface area (Å²) in [4.78, 5) is 3.11. The Hall–Kier alpha value is -2.01. The van der Waals surface area contributed by atoms with E-state index in [0.29, 0.717) is 5.56 Å². The molecule has 1 aromatic carbocycles. The quantitative estimate of drug-likeness (QED) is 0.796. The van der Waals surface area contributed by atoms with Crippen LogP contribution in [-0.2, 0) is 0 Å². The van der Waals surface area contributed by atoms with Crippen molar-refractivity contribution >= 4 is 27.4 Å². The highest BCUT2D eigenvalue weighted by Gasteiger charge is 2.39. The van der Waals surface area contributed by atoms with Crippen molar-refractivity contribution in [1.29, 1.82) is 0 Å². The van der Waals surface area contributed by atoms with Gasteiger partial charge >= 0.3 is 6.18 Å². The van der Waals surface area contributed by atoms with Gasteiger partial charge in [-0.2, -0.15) is 18.3 Å². The van der Waals surface area contributed by atoms with Crippen molar-refractivity contribution in [1.82, 2.24) is 9.78 Å². The molecule has 2 aromatic rings. The first-order valence-electron chi connectivity index (χ1n) is 7.05. The van der Waals surface area contributed by atoms with E-state index >= 15 is 0 Å². The Morgan fingerprint density at radius 1 is 1.43 bits per heavy atom. The van der Waals surface area contributed by atoms with Gasteiger partial charge in [0, 0.05) is 8.58 Å². The summed E-state index contributed by atoms with van der Waals surface area (Å²) in [6, 6.07) is 3.35.